The van der Waals surface area contributed by atoms with Crippen molar-refractivity contribution < 1.29 is 14.7 Å². The van der Waals surface area contributed by atoms with E-state index in [1.165, 1.54) is 0 Å². The van der Waals surface area contributed by atoms with Crippen LogP contribution in [0, 0.1) is 5.41 Å². The van der Waals surface area contributed by atoms with Gasteiger partial charge in [-0.05, 0) is 31.2 Å². The summed E-state index contributed by atoms with van der Waals surface area (Å²) in [7, 11) is 0. The highest BCUT2D eigenvalue weighted by Crippen LogP contribution is 2.25. The second-order valence-electron chi connectivity index (χ2n) is 5.45. The third-order valence-corrected chi connectivity index (χ3v) is 3.06. The minimum atomic E-state index is -0.966. The Hall–Kier alpha value is -1.10. The summed E-state index contributed by atoms with van der Waals surface area (Å²) in [6.45, 7) is 6.62. The van der Waals surface area contributed by atoms with Gasteiger partial charge in [-0.3, -0.25) is 4.79 Å². The molecule has 0 fully saturated rings. The first-order valence-corrected chi connectivity index (χ1v) is 6.54. The highest BCUT2D eigenvalue weighted by Gasteiger charge is 2.21. The number of hydrogen-bond donors (Lipinski definition) is 3. The molecule has 0 aliphatic rings. The summed E-state index contributed by atoms with van der Waals surface area (Å²) in [5, 5.41) is 11.5. The zero-order valence-corrected chi connectivity index (χ0v) is 11.7. The van der Waals surface area contributed by atoms with E-state index in [0.29, 0.717) is 25.8 Å². The van der Waals surface area contributed by atoms with Gasteiger partial charge in [-0.15, -0.1) is 0 Å². The Labute approximate surface area is 109 Å². The molecule has 0 aliphatic heterocycles. The maximum absolute atomic E-state index is 11.7. The maximum Gasteiger partial charge on any atom is 0.326 e. The number of rotatable bonds is 9. The third kappa shape index (κ3) is 7.27. The standard InChI is InChI=1S/C13H26N2O3/c1-4-5-10(12(17)18)15-11(16)6-7-13(2,3)8-9-14/h10H,4-9,14H2,1-3H3,(H,15,16)(H,17,18)/t10-/m0/s1. The van der Waals surface area contributed by atoms with Crippen molar-refractivity contribution in [2.75, 3.05) is 6.54 Å². The van der Waals surface area contributed by atoms with E-state index in [-0.39, 0.29) is 11.3 Å². The third-order valence-electron chi connectivity index (χ3n) is 3.06. The van der Waals surface area contributed by atoms with Crippen molar-refractivity contribution in [1.82, 2.24) is 5.32 Å². The Bertz CT molecular complexity index is 277. The van der Waals surface area contributed by atoms with E-state index in [1.807, 2.05) is 6.92 Å². The molecule has 4 N–H and O–H groups in total. The molecule has 0 spiro atoms. The lowest BCUT2D eigenvalue weighted by Gasteiger charge is -2.23. The van der Waals surface area contributed by atoms with Crippen molar-refractivity contribution in [1.29, 1.82) is 0 Å². The zero-order valence-electron chi connectivity index (χ0n) is 11.7. The lowest BCUT2D eigenvalue weighted by molar-refractivity contribution is -0.142. The summed E-state index contributed by atoms with van der Waals surface area (Å²) in [6, 6.07) is -0.764. The molecule has 0 radical (unpaired) electrons. The first-order valence-electron chi connectivity index (χ1n) is 6.54. The predicted molar refractivity (Wildman–Crippen MR) is 71.2 cm³/mol. The van der Waals surface area contributed by atoms with E-state index in [4.69, 9.17) is 10.8 Å². The van der Waals surface area contributed by atoms with Gasteiger partial charge >= 0.3 is 5.97 Å². The highest BCUT2D eigenvalue weighted by molar-refractivity contribution is 5.83. The van der Waals surface area contributed by atoms with Crippen molar-refractivity contribution in [2.45, 2.75) is 58.9 Å². The van der Waals surface area contributed by atoms with Crippen LogP contribution in [0.1, 0.15) is 52.9 Å². The molecule has 1 atom stereocenters. The quantitative estimate of drug-likeness (QED) is 0.584. The molecule has 5 heteroatoms. The van der Waals surface area contributed by atoms with Crippen LogP contribution in [0.25, 0.3) is 0 Å². The number of carboxylic acids is 1. The number of amides is 1. The molecule has 18 heavy (non-hydrogen) atoms. The normalized spacial score (nSPS) is 13.1. The van der Waals surface area contributed by atoms with Gasteiger partial charge in [0.2, 0.25) is 5.91 Å². The first kappa shape index (κ1) is 16.9. The van der Waals surface area contributed by atoms with Crippen LogP contribution in [0.4, 0.5) is 0 Å². The molecular formula is C13H26N2O3. The zero-order chi connectivity index (χ0) is 14.2. The van der Waals surface area contributed by atoms with Crippen LogP contribution in [0.5, 0.6) is 0 Å². The van der Waals surface area contributed by atoms with Crippen LogP contribution in [0.3, 0.4) is 0 Å². The predicted octanol–water partition coefficient (Wildman–Crippen LogP) is 1.51. The van der Waals surface area contributed by atoms with E-state index in [9.17, 15) is 9.59 Å². The van der Waals surface area contributed by atoms with Crippen LogP contribution in [-0.4, -0.2) is 29.6 Å². The summed E-state index contributed by atoms with van der Waals surface area (Å²) < 4.78 is 0. The van der Waals surface area contributed by atoms with Gasteiger partial charge in [0.15, 0.2) is 0 Å². The molecule has 5 nitrogen and oxygen atoms in total. The minimum Gasteiger partial charge on any atom is -0.480 e. The summed E-state index contributed by atoms with van der Waals surface area (Å²) in [6.07, 6.45) is 3.12. The molecule has 0 aromatic carbocycles. The number of carboxylic acid groups (broad SMARTS) is 1. The topological polar surface area (TPSA) is 92.4 Å². The Morgan fingerprint density at radius 1 is 1.33 bits per heavy atom. The molecule has 0 aromatic rings. The smallest absolute Gasteiger partial charge is 0.326 e. The van der Waals surface area contributed by atoms with Gasteiger partial charge in [0.1, 0.15) is 6.04 Å². The van der Waals surface area contributed by atoms with Crippen molar-refractivity contribution in [2.24, 2.45) is 11.1 Å². The van der Waals surface area contributed by atoms with Crippen molar-refractivity contribution in [3.63, 3.8) is 0 Å². The van der Waals surface area contributed by atoms with Gasteiger partial charge in [0, 0.05) is 6.42 Å². The molecule has 0 unspecified atom stereocenters. The van der Waals surface area contributed by atoms with Crippen LogP contribution < -0.4 is 11.1 Å². The van der Waals surface area contributed by atoms with E-state index in [1.54, 1.807) is 0 Å². The number of nitrogens with one attached hydrogen (secondary N) is 1. The van der Waals surface area contributed by atoms with Gasteiger partial charge in [-0.25, -0.2) is 4.79 Å². The number of hydrogen-bond acceptors (Lipinski definition) is 3. The fourth-order valence-electron chi connectivity index (χ4n) is 1.78. The lowest BCUT2D eigenvalue weighted by Crippen LogP contribution is -2.40. The summed E-state index contributed by atoms with van der Waals surface area (Å²) in [4.78, 5) is 22.6. The second kappa shape index (κ2) is 8.08. The van der Waals surface area contributed by atoms with Crippen LogP contribution in [-0.2, 0) is 9.59 Å². The average molecular weight is 258 g/mol. The molecule has 0 aromatic heterocycles. The van der Waals surface area contributed by atoms with Gasteiger partial charge < -0.3 is 16.2 Å². The fraction of sp³-hybridized carbons (Fsp3) is 0.846. The Balaban J connectivity index is 4.13. The van der Waals surface area contributed by atoms with Gasteiger partial charge in [0.25, 0.3) is 0 Å². The van der Waals surface area contributed by atoms with Crippen LogP contribution >= 0.6 is 0 Å². The summed E-state index contributed by atoms with van der Waals surface area (Å²) in [5.41, 5.74) is 5.53. The second-order valence-corrected chi connectivity index (χ2v) is 5.45. The molecule has 106 valence electrons. The summed E-state index contributed by atoms with van der Waals surface area (Å²) in [5.74, 6) is -1.16. The van der Waals surface area contributed by atoms with Crippen molar-refractivity contribution >= 4 is 11.9 Å². The average Bonchev–Trinajstić information content (AvgIpc) is 2.26. The van der Waals surface area contributed by atoms with Crippen LogP contribution in [0.2, 0.25) is 0 Å². The van der Waals surface area contributed by atoms with Gasteiger partial charge in [0.05, 0.1) is 0 Å². The number of carbonyl (C=O) groups excluding carboxylic acids is 1. The van der Waals surface area contributed by atoms with Crippen LogP contribution in [0.15, 0.2) is 0 Å². The molecular weight excluding hydrogens is 232 g/mol. The molecule has 0 saturated carbocycles. The van der Waals surface area contributed by atoms with E-state index < -0.39 is 12.0 Å². The number of nitrogens with two attached hydrogens (primary N) is 1. The number of carbonyl (C=O) groups is 2. The molecule has 1 amide bonds. The summed E-state index contributed by atoms with van der Waals surface area (Å²) >= 11 is 0. The minimum absolute atomic E-state index is 0.0234. The fourth-order valence-corrected chi connectivity index (χ4v) is 1.78. The molecule has 0 rings (SSSR count). The highest BCUT2D eigenvalue weighted by atomic mass is 16.4. The van der Waals surface area contributed by atoms with Crippen molar-refractivity contribution in [3.05, 3.63) is 0 Å². The maximum atomic E-state index is 11.7. The Morgan fingerprint density at radius 3 is 2.39 bits per heavy atom. The van der Waals surface area contributed by atoms with E-state index in [2.05, 4.69) is 19.2 Å². The SMILES string of the molecule is CCC[C@H](NC(=O)CCC(C)(C)CCN)C(=O)O. The number of aliphatic carboxylic acids is 1. The molecule has 0 saturated heterocycles. The Morgan fingerprint density at radius 2 is 1.94 bits per heavy atom. The molecule has 0 aliphatic carbocycles. The van der Waals surface area contributed by atoms with E-state index in [0.717, 1.165) is 12.8 Å². The van der Waals surface area contributed by atoms with Gasteiger partial charge in [-0.2, -0.15) is 0 Å². The monoisotopic (exact) mass is 258 g/mol. The Kier molecular flexibility index (Phi) is 7.59. The first-order chi connectivity index (χ1) is 8.32. The van der Waals surface area contributed by atoms with Gasteiger partial charge in [-0.1, -0.05) is 27.2 Å². The molecule has 0 heterocycles. The molecule has 0 bridgehead atoms. The van der Waals surface area contributed by atoms with E-state index >= 15 is 0 Å². The van der Waals surface area contributed by atoms with Crippen molar-refractivity contribution in [3.8, 4) is 0 Å². The lowest BCUT2D eigenvalue weighted by atomic mass is 9.84. The largest absolute Gasteiger partial charge is 0.480 e.